The van der Waals surface area contributed by atoms with Crippen LogP contribution in [0.2, 0.25) is 0 Å². The van der Waals surface area contributed by atoms with E-state index in [4.69, 9.17) is 15.6 Å². The number of carboxylic acids is 1. The summed E-state index contributed by atoms with van der Waals surface area (Å²) in [7, 11) is 1.56. The lowest BCUT2D eigenvalue weighted by atomic mass is 10.1. The zero-order valence-electron chi connectivity index (χ0n) is 12.0. The van der Waals surface area contributed by atoms with Crippen molar-refractivity contribution in [2.75, 3.05) is 33.4 Å². The van der Waals surface area contributed by atoms with Gasteiger partial charge in [-0.2, -0.15) is 0 Å². The molecule has 0 aromatic heterocycles. The fourth-order valence-electron chi connectivity index (χ4n) is 2.24. The van der Waals surface area contributed by atoms with Gasteiger partial charge in [-0.15, -0.1) is 0 Å². The highest BCUT2D eigenvalue weighted by Crippen LogP contribution is 2.07. The van der Waals surface area contributed by atoms with Crippen LogP contribution < -0.4 is 11.1 Å². The molecule has 1 fully saturated rings. The minimum atomic E-state index is -1.00. The average molecular weight is 287 g/mol. The molecular weight excluding hydrogens is 262 g/mol. The number of amides is 1. The maximum absolute atomic E-state index is 11.9. The molecule has 1 atom stereocenters. The third kappa shape index (κ3) is 6.31. The summed E-state index contributed by atoms with van der Waals surface area (Å²) in [6.07, 6.45) is 2.74. The summed E-state index contributed by atoms with van der Waals surface area (Å²) in [4.78, 5) is 24.9. The monoisotopic (exact) mass is 287 g/mol. The van der Waals surface area contributed by atoms with Gasteiger partial charge in [-0.1, -0.05) is 0 Å². The summed E-state index contributed by atoms with van der Waals surface area (Å²) in [6.45, 7) is 2.30. The predicted octanol–water partition coefficient (Wildman–Crippen LogP) is -0.594. The second-order valence-electron chi connectivity index (χ2n) is 5.21. The van der Waals surface area contributed by atoms with Crippen molar-refractivity contribution in [3.05, 3.63) is 0 Å². The van der Waals surface area contributed by atoms with E-state index in [9.17, 15) is 9.59 Å². The number of nitrogens with one attached hydrogen (secondary N) is 1. The highest BCUT2D eigenvalue weighted by molar-refractivity contribution is 5.84. The van der Waals surface area contributed by atoms with Crippen LogP contribution in [0.15, 0.2) is 0 Å². The first kappa shape index (κ1) is 16.9. The molecule has 0 bridgehead atoms. The summed E-state index contributed by atoms with van der Waals surface area (Å²) in [5.41, 5.74) is 5.80. The smallest absolute Gasteiger partial charge is 0.326 e. The second kappa shape index (κ2) is 8.89. The number of ether oxygens (including phenoxy) is 1. The van der Waals surface area contributed by atoms with Gasteiger partial charge < -0.3 is 20.9 Å². The van der Waals surface area contributed by atoms with E-state index >= 15 is 0 Å². The number of aliphatic carboxylic acids is 1. The average Bonchev–Trinajstić information content (AvgIpc) is 2.40. The van der Waals surface area contributed by atoms with Crippen molar-refractivity contribution in [3.8, 4) is 0 Å². The van der Waals surface area contributed by atoms with Crippen LogP contribution in [-0.2, 0) is 14.3 Å². The van der Waals surface area contributed by atoms with Gasteiger partial charge in [0.1, 0.15) is 6.04 Å². The summed E-state index contributed by atoms with van der Waals surface area (Å²) in [5, 5.41) is 11.6. The Morgan fingerprint density at radius 3 is 2.65 bits per heavy atom. The SMILES string of the molecule is COCCCC(NC(=O)CN1CCC(N)CC1)C(=O)O. The van der Waals surface area contributed by atoms with Gasteiger partial charge in [0.25, 0.3) is 0 Å². The molecule has 0 radical (unpaired) electrons. The molecule has 1 saturated heterocycles. The Labute approximate surface area is 119 Å². The first-order chi connectivity index (χ1) is 9.52. The van der Waals surface area contributed by atoms with Gasteiger partial charge in [-0.05, 0) is 25.7 Å². The highest BCUT2D eigenvalue weighted by atomic mass is 16.5. The lowest BCUT2D eigenvalue weighted by molar-refractivity contribution is -0.142. The number of methoxy groups -OCH3 is 1. The Kier molecular flexibility index (Phi) is 7.50. The van der Waals surface area contributed by atoms with Crippen LogP contribution in [0.5, 0.6) is 0 Å². The molecule has 1 heterocycles. The van der Waals surface area contributed by atoms with Crippen molar-refractivity contribution in [2.45, 2.75) is 37.8 Å². The van der Waals surface area contributed by atoms with Crippen molar-refractivity contribution in [1.29, 1.82) is 0 Å². The Bertz CT molecular complexity index is 317. The number of nitrogens with two attached hydrogens (primary N) is 1. The summed E-state index contributed by atoms with van der Waals surface area (Å²) in [6, 6.07) is -0.625. The van der Waals surface area contributed by atoms with E-state index in [-0.39, 0.29) is 18.5 Å². The van der Waals surface area contributed by atoms with Gasteiger partial charge in [-0.25, -0.2) is 4.79 Å². The maximum Gasteiger partial charge on any atom is 0.326 e. The molecule has 20 heavy (non-hydrogen) atoms. The Balaban J connectivity index is 2.32. The lowest BCUT2D eigenvalue weighted by Crippen LogP contribution is -2.48. The van der Waals surface area contributed by atoms with Crippen LogP contribution in [0.25, 0.3) is 0 Å². The first-order valence-electron chi connectivity index (χ1n) is 7.02. The zero-order chi connectivity index (χ0) is 15.0. The molecule has 0 aliphatic carbocycles. The van der Waals surface area contributed by atoms with Crippen LogP contribution in [0.4, 0.5) is 0 Å². The standard InChI is InChI=1S/C13H25N3O4/c1-20-8-2-3-11(13(18)19)15-12(17)9-16-6-4-10(14)5-7-16/h10-11H,2-9,14H2,1H3,(H,15,17)(H,18,19). The van der Waals surface area contributed by atoms with Crippen molar-refractivity contribution in [3.63, 3.8) is 0 Å². The van der Waals surface area contributed by atoms with Gasteiger partial charge in [0, 0.05) is 32.8 Å². The molecule has 4 N–H and O–H groups in total. The predicted molar refractivity (Wildman–Crippen MR) is 74.3 cm³/mol. The van der Waals surface area contributed by atoms with E-state index < -0.39 is 12.0 Å². The molecule has 0 saturated carbocycles. The lowest BCUT2D eigenvalue weighted by Gasteiger charge is -2.29. The minimum Gasteiger partial charge on any atom is -0.480 e. The molecule has 0 aromatic rings. The molecule has 116 valence electrons. The molecule has 0 spiro atoms. The number of hydrogen-bond donors (Lipinski definition) is 3. The van der Waals surface area contributed by atoms with Crippen molar-refractivity contribution in [2.24, 2.45) is 5.73 Å². The summed E-state index contributed by atoms with van der Waals surface area (Å²) >= 11 is 0. The van der Waals surface area contributed by atoms with E-state index in [0.717, 1.165) is 25.9 Å². The first-order valence-corrected chi connectivity index (χ1v) is 7.02. The number of likely N-dealkylation sites (tertiary alicyclic amines) is 1. The van der Waals surface area contributed by atoms with Gasteiger partial charge in [-0.3, -0.25) is 9.69 Å². The van der Waals surface area contributed by atoms with Crippen molar-refractivity contribution >= 4 is 11.9 Å². The van der Waals surface area contributed by atoms with Crippen LogP contribution in [0.1, 0.15) is 25.7 Å². The van der Waals surface area contributed by atoms with Gasteiger partial charge in [0.05, 0.1) is 6.54 Å². The quantitative estimate of drug-likeness (QED) is 0.515. The summed E-state index contributed by atoms with van der Waals surface area (Å²) < 4.78 is 4.88. The van der Waals surface area contributed by atoms with Gasteiger partial charge in [0.15, 0.2) is 0 Å². The Morgan fingerprint density at radius 1 is 1.45 bits per heavy atom. The molecule has 1 unspecified atom stereocenters. The second-order valence-corrected chi connectivity index (χ2v) is 5.21. The van der Waals surface area contributed by atoms with E-state index in [1.165, 1.54) is 0 Å². The number of carbonyl (C=O) groups excluding carboxylic acids is 1. The van der Waals surface area contributed by atoms with Crippen LogP contribution in [0, 0.1) is 0 Å². The molecule has 1 aliphatic rings. The minimum absolute atomic E-state index is 0.218. The number of carbonyl (C=O) groups is 2. The number of carboxylic acid groups (broad SMARTS) is 1. The van der Waals surface area contributed by atoms with E-state index in [1.807, 2.05) is 4.90 Å². The third-order valence-electron chi connectivity index (χ3n) is 3.47. The molecule has 1 rings (SSSR count). The topological polar surface area (TPSA) is 105 Å². The van der Waals surface area contributed by atoms with Crippen LogP contribution in [0.3, 0.4) is 0 Å². The van der Waals surface area contributed by atoms with Crippen LogP contribution in [-0.4, -0.2) is 67.3 Å². The normalized spacial score (nSPS) is 18.7. The largest absolute Gasteiger partial charge is 0.480 e. The molecule has 1 aliphatic heterocycles. The fraction of sp³-hybridized carbons (Fsp3) is 0.846. The third-order valence-corrected chi connectivity index (χ3v) is 3.47. The fourth-order valence-corrected chi connectivity index (χ4v) is 2.24. The van der Waals surface area contributed by atoms with Crippen molar-refractivity contribution in [1.82, 2.24) is 10.2 Å². The molecule has 1 amide bonds. The Morgan fingerprint density at radius 2 is 2.10 bits per heavy atom. The van der Waals surface area contributed by atoms with Gasteiger partial charge in [0.2, 0.25) is 5.91 Å². The number of piperidine rings is 1. The van der Waals surface area contributed by atoms with Crippen molar-refractivity contribution < 1.29 is 19.4 Å². The van der Waals surface area contributed by atoms with E-state index in [1.54, 1.807) is 7.11 Å². The van der Waals surface area contributed by atoms with Gasteiger partial charge >= 0.3 is 5.97 Å². The molecular formula is C13H25N3O4. The molecule has 0 aromatic carbocycles. The number of hydrogen-bond acceptors (Lipinski definition) is 5. The van der Waals surface area contributed by atoms with Crippen LogP contribution >= 0.6 is 0 Å². The van der Waals surface area contributed by atoms with E-state index in [2.05, 4.69) is 5.32 Å². The zero-order valence-corrected chi connectivity index (χ0v) is 12.0. The number of rotatable bonds is 8. The maximum atomic E-state index is 11.9. The Hall–Kier alpha value is -1.18. The van der Waals surface area contributed by atoms with E-state index in [0.29, 0.717) is 19.4 Å². The highest BCUT2D eigenvalue weighted by Gasteiger charge is 2.22. The molecule has 7 nitrogen and oxygen atoms in total. The number of nitrogens with zero attached hydrogens (tertiary/aromatic N) is 1. The molecule has 7 heteroatoms. The summed E-state index contributed by atoms with van der Waals surface area (Å²) in [5.74, 6) is -1.25.